The maximum Gasteiger partial charge on any atom is 0.125 e. The summed E-state index contributed by atoms with van der Waals surface area (Å²) in [5.41, 5.74) is 1.04. The molecule has 3 nitrogen and oxygen atoms in total. The molecule has 0 aliphatic carbocycles. The van der Waals surface area contributed by atoms with Crippen molar-refractivity contribution in [3.05, 3.63) is 45.4 Å². The van der Waals surface area contributed by atoms with Crippen molar-refractivity contribution >= 4 is 37.5 Å². The summed E-state index contributed by atoms with van der Waals surface area (Å²) in [5, 5.41) is 3.30. The quantitative estimate of drug-likeness (QED) is 0.903. The minimum absolute atomic E-state index is 0.675. The minimum atomic E-state index is 0.675. The highest BCUT2D eigenvalue weighted by atomic mass is 79.9. The lowest BCUT2D eigenvalue weighted by molar-refractivity contribution is 0.997. The topological polar surface area (TPSA) is 40.7 Å². The normalized spacial score (nSPS) is 10.3. The predicted molar refractivity (Wildman–Crippen MR) is 67.8 cm³/mol. The molecule has 0 spiro atoms. The highest BCUT2D eigenvalue weighted by molar-refractivity contribution is 9.11. The number of anilines is 1. The van der Waals surface area contributed by atoms with Gasteiger partial charge >= 0.3 is 0 Å². The van der Waals surface area contributed by atoms with Crippen molar-refractivity contribution in [2.24, 2.45) is 0 Å². The number of imidazole rings is 1. The molecule has 0 atom stereocenters. The zero-order valence-electron chi connectivity index (χ0n) is 7.80. The van der Waals surface area contributed by atoms with Gasteiger partial charge in [-0.1, -0.05) is 6.07 Å². The SMILES string of the molecule is Brc1cccc(Br)c1NCc1ncc[nH]1. The van der Waals surface area contributed by atoms with Crippen LogP contribution in [0.1, 0.15) is 5.82 Å². The van der Waals surface area contributed by atoms with Crippen molar-refractivity contribution < 1.29 is 0 Å². The maximum atomic E-state index is 4.14. The molecule has 0 saturated carbocycles. The molecule has 15 heavy (non-hydrogen) atoms. The van der Waals surface area contributed by atoms with Crippen molar-refractivity contribution in [3.63, 3.8) is 0 Å². The van der Waals surface area contributed by atoms with E-state index < -0.39 is 0 Å². The number of halogens is 2. The average Bonchev–Trinajstić information content (AvgIpc) is 2.70. The van der Waals surface area contributed by atoms with E-state index in [9.17, 15) is 0 Å². The largest absolute Gasteiger partial charge is 0.376 e. The molecule has 1 aromatic carbocycles. The van der Waals surface area contributed by atoms with Crippen LogP contribution in [-0.2, 0) is 6.54 Å². The molecule has 0 saturated heterocycles. The molecule has 0 unspecified atom stereocenters. The zero-order chi connectivity index (χ0) is 10.7. The fourth-order valence-corrected chi connectivity index (χ4v) is 2.51. The summed E-state index contributed by atoms with van der Waals surface area (Å²) in [6.45, 7) is 0.675. The summed E-state index contributed by atoms with van der Waals surface area (Å²) >= 11 is 6.98. The summed E-state index contributed by atoms with van der Waals surface area (Å²) in [4.78, 5) is 7.18. The molecule has 78 valence electrons. The van der Waals surface area contributed by atoms with E-state index >= 15 is 0 Å². The highest BCUT2D eigenvalue weighted by Gasteiger charge is 2.04. The van der Waals surface area contributed by atoms with Gasteiger partial charge in [-0.05, 0) is 44.0 Å². The Kier molecular flexibility index (Phi) is 3.43. The first kappa shape index (κ1) is 10.7. The third-order valence-electron chi connectivity index (χ3n) is 1.95. The van der Waals surface area contributed by atoms with Gasteiger partial charge in [0.15, 0.2) is 0 Å². The van der Waals surface area contributed by atoms with Gasteiger partial charge in [-0.15, -0.1) is 0 Å². The molecule has 0 amide bonds. The molecular formula is C10H9Br2N3. The monoisotopic (exact) mass is 329 g/mol. The number of rotatable bonds is 3. The average molecular weight is 331 g/mol. The second kappa shape index (κ2) is 4.81. The Hall–Kier alpha value is -0.810. The first-order chi connectivity index (χ1) is 7.27. The van der Waals surface area contributed by atoms with Crippen molar-refractivity contribution in [2.45, 2.75) is 6.54 Å². The third kappa shape index (κ3) is 2.60. The van der Waals surface area contributed by atoms with Gasteiger partial charge in [-0.3, -0.25) is 0 Å². The van der Waals surface area contributed by atoms with Gasteiger partial charge in [0.1, 0.15) is 5.82 Å². The number of nitrogens with one attached hydrogen (secondary N) is 2. The van der Waals surface area contributed by atoms with Gasteiger partial charge in [0.25, 0.3) is 0 Å². The predicted octanol–water partition coefficient (Wildman–Crippen LogP) is 3.55. The zero-order valence-corrected chi connectivity index (χ0v) is 11.0. The van der Waals surface area contributed by atoms with E-state index in [0.29, 0.717) is 6.54 Å². The Morgan fingerprint density at radius 2 is 2.00 bits per heavy atom. The van der Waals surface area contributed by atoms with Crippen molar-refractivity contribution in [1.29, 1.82) is 0 Å². The Bertz CT molecular complexity index is 420. The van der Waals surface area contributed by atoms with Gasteiger partial charge in [-0.25, -0.2) is 4.98 Å². The molecule has 5 heteroatoms. The summed E-state index contributed by atoms with van der Waals surface area (Å²) in [7, 11) is 0. The molecule has 1 aromatic heterocycles. The highest BCUT2D eigenvalue weighted by Crippen LogP contribution is 2.30. The molecule has 2 N–H and O–H groups in total. The van der Waals surface area contributed by atoms with E-state index in [1.165, 1.54) is 0 Å². The van der Waals surface area contributed by atoms with Crippen LogP contribution in [-0.4, -0.2) is 9.97 Å². The van der Waals surface area contributed by atoms with E-state index in [1.54, 1.807) is 6.20 Å². The summed E-state index contributed by atoms with van der Waals surface area (Å²) in [6.07, 6.45) is 3.55. The Morgan fingerprint density at radius 1 is 1.27 bits per heavy atom. The second-order valence-corrected chi connectivity index (χ2v) is 4.69. The second-order valence-electron chi connectivity index (χ2n) is 2.99. The summed E-state index contributed by atoms with van der Waals surface area (Å²) < 4.78 is 2.06. The number of aromatic nitrogens is 2. The van der Waals surface area contributed by atoms with Gasteiger partial charge in [0, 0.05) is 21.3 Å². The van der Waals surface area contributed by atoms with Gasteiger partial charge in [0.05, 0.1) is 12.2 Å². The molecular weight excluding hydrogens is 322 g/mol. The Labute approximate surface area is 105 Å². The van der Waals surface area contributed by atoms with E-state index in [1.807, 2.05) is 24.4 Å². The number of hydrogen-bond acceptors (Lipinski definition) is 2. The van der Waals surface area contributed by atoms with Crippen LogP contribution in [0.4, 0.5) is 5.69 Å². The van der Waals surface area contributed by atoms with E-state index in [2.05, 4.69) is 47.1 Å². The first-order valence-corrected chi connectivity index (χ1v) is 6.02. The van der Waals surface area contributed by atoms with Crippen LogP contribution >= 0.6 is 31.9 Å². The van der Waals surface area contributed by atoms with Crippen LogP contribution < -0.4 is 5.32 Å². The maximum absolute atomic E-state index is 4.14. The number of nitrogens with zero attached hydrogens (tertiary/aromatic N) is 1. The smallest absolute Gasteiger partial charge is 0.125 e. The van der Waals surface area contributed by atoms with Crippen LogP contribution in [0.15, 0.2) is 39.5 Å². The van der Waals surface area contributed by atoms with Crippen molar-refractivity contribution in [2.75, 3.05) is 5.32 Å². The van der Waals surface area contributed by atoms with E-state index in [0.717, 1.165) is 20.5 Å². The van der Waals surface area contributed by atoms with Crippen molar-refractivity contribution in [1.82, 2.24) is 9.97 Å². The fourth-order valence-electron chi connectivity index (χ4n) is 1.23. The van der Waals surface area contributed by atoms with Crippen molar-refractivity contribution in [3.8, 4) is 0 Å². The molecule has 2 rings (SSSR count). The van der Waals surface area contributed by atoms with Crippen LogP contribution in [0.25, 0.3) is 0 Å². The summed E-state index contributed by atoms with van der Waals surface area (Å²) in [5.74, 6) is 0.914. The first-order valence-electron chi connectivity index (χ1n) is 4.43. The standard InChI is InChI=1S/C10H9Br2N3/c11-7-2-1-3-8(12)10(7)15-6-9-13-4-5-14-9/h1-5,15H,6H2,(H,13,14). The molecule has 2 aromatic rings. The Morgan fingerprint density at radius 3 is 2.60 bits per heavy atom. The molecule has 0 aliphatic rings. The van der Waals surface area contributed by atoms with Crippen LogP contribution in [0.3, 0.4) is 0 Å². The molecule has 0 fully saturated rings. The van der Waals surface area contributed by atoms with E-state index in [4.69, 9.17) is 0 Å². The lowest BCUT2D eigenvalue weighted by Gasteiger charge is -2.08. The number of hydrogen-bond donors (Lipinski definition) is 2. The van der Waals surface area contributed by atoms with Gasteiger partial charge in [0.2, 0.25) is 0 Å². The van der Waals surface area contributed by atoms with Crippen LogP contribution in [0.5, 0.6) is 0 Å². The number of benzene rings is 1. The number of aromatic amines is 1. The minimum Gasteiger partial charge on any atom is -0.376 e. The fraction of sp³-hybridized carbons (Fsp3) is 0.100. The Balaban J connectivity index is 2.11. The molecule has 0 bridgehead atoms. The van der Waals surface area contributed by atoms with Crippen LogP contribution in [0.2, 0.25) is 0 Å². The van der Waals surface area contributed by atoms with Gasteiger partial charge in [-0.2, -0.15) is 0 Å². The molecule has 0 radical (unpaired) electrons. The lowest BCUT2D eigenvalue weighted by Crippen LogP contribution is -2.02. The molecule has 0 aliphatic heterocycles. The van der Waals surface area contributed by atoms with Gasteiger partial charge < -0.3 is 10.3 Å². The van der Waals surface area contributed by atoms with E-state index in [-0.39, 0.29) is 0 Å². The molecule has 1 heterocycles. The third-order valence-corrected chi connectivity index (χ3v) is 3.27. The lowest BCUT2D eigenvalue weighted by atomic mass is 10.3. The van der Waals surface area contributed by atoms with Crippen LogP contribution in [0, 0.1) is 0 Å². The number of para-hydroxylation sites is 1. The number of H-pyrrole nitrogens is 1. The summed E-state index contributed by atoms with van der Waals surface area (Å²) in [6, 6.07) is 5.97.